The minimum absolute atomic E-state index is 0.0782. The van der Waals surface area contributed by atoms with E-state index >= 15 is 0 Å². The lowest BCUT2D eigenvalue weighted by atomic mass is 10.1. The third-order valence-corrected chi connectivity index (χ3v) is 4.82. The molecule has 0 aromatic heterocycles. The molecule has 1 heterocycles. The highest BCUT2D eigenvalue weighted by atomic mass is 32.2. The van der Waals surface area contributed by atoms with E-state index in [1.165, 1.54) is 30.2 Å². The molecule has 25 heavy (non-hydrogen) atoms. The Kier molecular flexibility index (Phi) is 4.82. The van der Waals surface area contributed by atoms with E-state index in [0.717, 1.165) is 11.8 Å². The van der Waals surface area contributed by atoms with E-state index in [9.17, 15) is 14.9 Å². The summed E-state index contributed by atoms with van der Waals surface area (Å²) in [6, 6.07) is 13.3. The summed E-state index contributed by atoms with van der Waals surface area (Å²) in [6.07, 6.45) is 1.56. The van der Waals surface area contributed by atoms with Crippen LogP contribution in [0.4, 0.5) is 11.4 Å². The Bertz CT molecular complexity index is 897. The molecule has 1 fully saturated rings. The molecule has 2 aromatic carbocycles. The summed E-state index contributed by atoms with van der Waals surface area (Å²) in [5, 5.41) is 11.0. The Labute approximate surface area is 153 Å². The predicted octanol–water partition coefficient (Wildman–Crippen LogP) is 4.01. The maximum absolute atomic E-state index is 12.7. The maximum Gasteiger partial charge on any atom is 0.270 e. The van der Waals surface area contributed by atoms with Crippen molar-refractivity contribution in [2.24, 2.45) is 0 Å². The first-order valence-electron chi connectivity index (χ1n) is 7.16. The molecule has 126 valence electrons. The summed E-state index contributed by atoms with van der Waals surface area (Å²) in [5.74, 6) is 0.172. The standard InChI is InChI=1S/C17H12N2O4S2/c1-23-14-8-7-13(19(21)22)9-11(14)10-15-16(20)18(17(24)25-15)12-5-3-2-4-6-12/h2-10H,1H3/b15-10+. The third-order valence-electron chi connectivity index (χ3n) is 3.52. The first kappa shape index (κ1) is 17.1. The molecule has 0 unspecified atom stereocenters. The number of para-hydroxylation sites is 1. The van der Waals surface area contributed by atoms with Crippen molar-refractivity contribution in [2.75, 3.05) is 12.0 Å². The van der Waals surface area contributed by atoms with Gasteiger partial charge in [-0.05, 0) is 24.3 Å². The number of rotatable bonds is 4. The smallest absolute Gasteiger partial charge is 0.270 e. The number of anilines is 1. The molecular weight excluding hydrogens is 360 g/mol. The number of non-ortho nitro benzene ring substituents is 1. The number of thioether (sulfide) groups is 1. The zero-order chi connectivity index (χ0) is 18.0. The molecule has 0 atom stereocenters. The van der Waals surface area contributed by atoms with E-state index in [-0.39, 0.29) is 11.6 Å². The van der Waals surface area contributed by atoms with Crippen molar-refractivity contribution >= 4 is 51.7 Å². The molecule has 0 spiro atoms. The van der Waals surface area contributed by atoms with Gasteiger partial charge in [-0.15, -0.1) is 0 Å². The molecule has 0 saturated carbocycles. The van der Waals surface area contributed by atoms with Crippen molar-refractivity contribution in [1.82, 2.24) is 0 Å². The van der Waals surface area contributed by atoms with E-state index in [2.05, 4.69) is 0 Å². The Morgan fingerprint density at radius 3 is 2.60 bits per heavy atom. The fraction of sp³-hybridized carbons (Fsp3) is 0.0588. The number of amides is 1. The lowest BCUT2D eigenvalue weighted by Crippen LogP contribution is -2.27. The fourth-order valence-corrected chi connectivity index (χ4v) is 3.65. The molecule has 1 aliphatic rings. The van der Waals surface area contributed by atoms with Gasteiger partial charge in [0, 0.05) is 17.7 Å². The largest absolute Gasteiger partial charge is 0.496 e. The summed E-state index contributed by atoms with van der Waals surface area (Å²) in [6.45, 7) is 0. The third kappa shape index (κ3) is 3.40. The van der Waals surface area contributed by atoms with Crippen LogP contribution in [0.2, 0.25) is 0 Å². The molecule has 1 aliphatic heterocycles. The number of benzene rings is 2. The van der Waals surface area contributed by atoms with Crippen LogP contribution in [0.3, 0.4) is 0 Å². The second kappa shape index (κ2) is 7.04. The topological polar surface area (TPSA) is 72.7 Å². The van der Waals surface area contributed by atoms with Gasteiger partial charge in [-0.2, -0.15) is 0 Å². The van der Waals surface area contributed by atoms with Gasteiger partial charge >= 0.3 is 0 Å². The van der Waals surface area contributed by atoms with Gasteiger partial charge in [-0.25, -0.2) is 0 Å². The lowest BCUT2D eigenvalue weighted by molar-refractivity contribution is -0.384. The number of nitro benzene ring substituents is 1. The fourth-order valence-electron chi connectivity index (χ4n) is 2.36. The number of thiocarbonyl (C=S) groups is 1. The Morgan fingerprint density at radius 2 is 1.96 bits per heavy atom. The Balaban J connectivity index is 2.00. The van der Waals surface area contributed by atoms with Gasteiger partial charge in [0.2, 0.25) is 0 Å². The van der Waals surface area contributed by atoms with Gasteiger partial charge < -0.3 is 4.74 Å². The van der Waals surface area contributed by atoms with E-state index in [0.29, 0.717) is 26.2 Å². The summed E-state index contributed by atoms with van der Waals surface area (Å²) >= 11 is 6.46. The number of hydrogen-bond acceptors (Lipinski definition) is 6. The first-order chi connectivity index (χ1) is 12.0. The van der Waals surface area contributed by atoms with E-state index in [4.69, 9.17) is 17.0 Å². The predicted molar refractivity (Wildman–Crippen MR) is 102 cm³/mol. The zero-order valence-electron chi connectivity index (χ0n) is 13.0. The van der Waals surface area contributed by atoms with Crippen molar-refractivity contribution in [3.63, 3.8) is 0 Å². The molecule has 3 rings (SSSR count). The summed E-state index contributed by atoms with van der Waals surface area (Å²) in [4.78, 5) is 25.0. The number of carbonyl (C=O) groups excluding carboxylic acids is 1. The SMILES string of the molecule is COc1ccc([N+](=O)[O-])cc1/C=C1/SC(=S)N(c2ccccc2)C1=O. The average molecular weight is 372 g/mol. The molecule has 0 radical (unpaired) electrons. The van der Waals surface area contributed by atoms with Crippen molar-refractivity contribution in [3.8, 4) is 5.75 Å². The molecule has 1 saturated heterocycles. The maximum atomic E-state index is 12.7. The van der Waals surface area contributed by atoms with Crippen LogP contribution < -0.4 is 9.64 Å². The number of nitrogens with zero attached hydrogens (tertiary/aromatic N) is 2. The molecule has 0 N–H and O–H groups in total. The van der Waals surface area contributed by atoms with Crippen molar-refractivity contribution < 1.29 is 14.5 Å². The van der Waals surface area contributed by atoms with E-state index in [1.807, 2.05) is 18.2 Å². The van der Waals surface area contributed by atoms with Gasteiger partial charge in [0.05, 0.1) is 22.6 Å². The second-order valence-electron chi connectivity index (χ2n) is 5.04. The van der Waals surface area contributed by atoms with Crippen molar-refractivity contribution in [2.45, 2.75) is 0 Å². The number of ether oxygens (including phenoxy) is 1. The minimum Gasteiger partial charge on any atom is -0.496 e. The quantitative estimate of drug-likeness (QED) is 0.349. The molecule has 1 amide bonds. The van der Waals surface area contributed by atoms with Crippen LogP contribution in [0.5, 0.6) is 5.75 Å². The van der Waals surface area contributed by atoms with Gasteiger partial charge in [0.15, 0.2) is 4.32 Å². The first-order valence-corrected chi connectivity index (χ1v) is 8.39. The number of methoxy groups -OCH3 is 1. The zero-order valence-corrected chi connectivity index (χ0v) is 14.7. The number of carbonyl (C=O) groups is 1. The molecule has 2 aromatic rings. The van der Waals surface area contributed by atoms with E-state index in [1.54, 1.807) is 18.2 Å². The molecular formula is C17H12N2O4S2. The normalized spacial score (nSPS) is 15.7. The lowest BCUT2D eigenvalue weighted by Gasteiger charge is -2.13. The second-order valence-corrected chi connectivity index (χ2v) is 6.71. The monoisotopic (exact) mass is 372 g/mol. The van der Waals surface area contributed by atoms with Crippen LogP contribution in [0.1, 0.15) is 5.56 Å². The van der Waals surface area contributed by atoms with Crippen LogP contribution in [0.15, 0.2) is 53.4 Å². The molecule has 0 aliphatic carbocycles. The highest BCUT2D eigenvalue weighted by Gasteiger charge is 2.33. The number of nitro groups is 1. The Morgan fingerprint density at radius 1 is 1.24 bits per heavy atom. The van der Waals surface area contributed by atoms with Crippen molar-refractivity contribution in [1.29, 1.82) is 0 Å². The van der Waals surface area contributed by atoms with Crippen LogP contribution in [0.25, 0.3) is 6.08 Å². The summed E-state index contributed by atoms with van der Waals surface area (Å²) in [7, 11) is 1.47. The highest BCUT2D eigenvalue weighted by molar-refractivity contribution is 8.27. The van der Waals surface area contributed by atoms with E-state index < -0.39 is 4.92 Å². The average Bonchev–Trinajstić information content (AvgIpc) is 2.89. The van der Waals surface area contributed by atoms with Crippen LogP contribution in [-0.2, 0) is 4.79 Å². The van der Waals surface area contributed by atoms with Crippen molar-refractivity contribution in [3.05, 3.63) is 69.1 Å². The van der Waals surface area contributed by atoms with Crippen LogP contribution >= 0.6 is 24.0 Å². The molecule has 6 nitrogen and oxygen atoms in total. The summed E-state index contributed by atoms with van der Waals surface area (Å²) in [5.41, 5.74) is 1.05. The molecule has 0 bridgehead atoms. The van der Waals surface area contributed by atoms with Crippen LogP contribution in [0, 0.1) is 10.1 Å². The summed E-state index contributed by atoms with van der Waals surface area (Å²) < 4.78 is 5.64. The number of hydrogen-bond donors (Lipinski definition) is 0. The Hall–Kier alpha value is -2.71. The minimum atomic E-state index is -0.494. The van der Waals surface area contributed by atoms with Crippen LogP contribution in [-0.4, -0.2) is 22.3 Å². The van der Waals surface area contributed by atoms with Gasteiger partial charge in [0.25, 0.3) is 11.6 Å². The molecule has 8 heteroatoms. The highest BCUT2D eigenvalue weighted by Crippen LogP contribution is 2.37. The van der Waals surface area contributed by atoms with Gasteiger partial charge in [0.1, 0.15) is 5.75 Å². The van der Waals surface area contributed by atoms with Gasteiger partial charge in [-0.1, -0.05) is 42.2 Å². The van der Waals surface area contributed by atoms with Gasteiger partial charge in [-0.3, -0.25) is 19.8 Å².